The molecule has 0 aliphatic carbocycles. The number of nitriles is 1. The third-order valence-electron chi connectivity index (χ3n) is 5.57. The van der Waals surface area contributed by atoms with E-state index in [2.05, 4.69) is 15.3 Å². The van der Waals surface area contributed by atoms with Crippen molar-refractivity contribution >= 4 is 11.6 Å². The summed E-state index contributed by atoms with van der Waals surface area (Å²) in [4.78, 5) is 23.6. The summed E-state index contributed by atoms with van der Waals surface area (Å²) in [6, 6.07) is 9.84. The van der Waals surface area contributed by atoms with Crippen LogP contribution in [0.25, 0.3) is 11.1 Å². The van der Waals surface area contributed by atoms with Crippen LogP contribution in [-0.2, 0) is 0 Å². The molecule has 0 radical (unpaired) electrons. The summed E-state index contributed by atoms with van der Waals surface area (Å²) in [6.45, 7) is 2.75. The molecule has 1 amide bonds. The van der Waals surface area contributed by atoms with Crippen LogP contribution in [0.4, 0.5) is 14.5 Å². The van der Waals surface area contributed by atoms with Gasteiger partial charge < -0.3 is 16.0 Å². The number of rotatable bonds is 5. The summed E-state index contributed by atoms with van der Waals surface area (Å²) in [5, 5.41) is 12.6. The van der Waals surface area contributed by atoms with Crippen molar-refractivity contribution in [3.63, 3.8) is 0 Å². The predicted molar refractivity (Wildman–Crippen MR) is 119 cm³/mol. The van der Waals surface area contributed by atoms with E-state index in [1.165, 1.54) is 6.20 Å². The molecule has 1 saturated heterocycles. The number of carbonyl (C=O) groups excluding carboxylic acids is 1. The van der Waals surface area contributed by atoms with Crippen LogP contribution < -0.4 is 16.0 Å². The molecule has 0 spiro atoms. The number of nitrogens with two attached hydrogens (primary N) is 1. The van der Waals surface area contributed by atoms with Crippen LogP contribution in [0.1, 0.15) is 41.1 Å². The second-order valence-corrected chi connectivity index (χ2v) is 7.96. The lowest BCUT2D eigenvalue weighted by Crippen LogP contribution is -2.32. The Morgan fingerprint density at radius 1 is 1.27 bits per heavy atom. The van der Waals surface area contributed by atoms with Crippen molar-refractivity contribution in [2.75, 3.05) is 18.0 Å². The highest BCUT2D eigenvalue weighted by Gasteiger charge is 2.30. The Morgan fingerprint density at radius 2 is 2.03 bits per heavy atom. The van der Waals surface area contributed by atoms with E-state index in [1.807, 2.05) is 17.0 Å². The molecule has 4 rings (SSSR count). The van der Waals surface area contributed by atoms with Crippen LogP contribution in [0.15, 0.2) is 48.8 Å². The van der Waals surface area contributed by atoms with Crippen LogP contribution in [0.3, 0.4) is 0 Å². The number of amides is 1. The molecule has 3 aromatic rings. The fourth-order valence-electron chi connectivity index (χ4n) is 4.02. The number of hydrogen-bond acceptors (Lipinski definition) is 6. The molecule has 1 aromatic carbocycles. The number of carbonyl (C=O) groups is 1. The number of aromatic nitrogens is 2. The molecule has 33 heavy (non-hydrogen) atoms. The number of nitrogens with zero attached hydrogens (tertiary/aromatic N) is 4. The van der Waals surface area contributed by atoms with Gasteiger partial charge >= 0.3 is 0 Å². The molecule has 0 bridgehead atoms. The number of benzene rings is 1. The molecule has 3 N–H and O–H groups in total. The molecule has 168 valence electrons. The minimum absolute atomic E-state index is 0.0372. The average molecular weight is 448 g/mol. The van der Waals surface area contributed by atoms with Gasteiger partial charge in [-0.3, -0.25) is 9.78 Å². The van der Waals surface area contributed by atoms with Crippen LogP contribution in [0, 0.1) is 23.0 Å². The van der Waals surface area contributed by atoms with Gasteiger partial charge in [0.15, 0.2) is 0 Å². The largest absolute Gasteiger partial charge is 0.369 e. The van der Waals surface area contributed by atoms with E-state index in [0.29, 0.717) is 30.9 Å². The summed E-state index contributed by atoms with van der Waals surface area (Å²) in [6.07, 6.45) is 3.62. The Morgan fingerprint density at radius 3 is 2.64 bits per heavy atom. The lowest BCUT2D eigenvalue weighted by atomic mass is 9.97. The first-order valence-corrected chi connectivity index (χ1v) is 10.5. The Bertz CT molecular complexity index is 1210. The zero-order valence-corrected chi connectivity index (χ0v) is 17.9. The van der Waals surface area contributed by atoms with Crippen molar-refractivity contribution in [1.29, 1.82) is 5.26 Å². The summed E-state index contributed by atoms with van der Waals surface area (Å²) in [7, 11) is 0. The van der Waals surface area contributed by atoms with E-state index < -0.39 is 23.6 Å². The second-order valence-electron chi connectivity index (χ2n) is 7.96. The van der Waals surface area contributed by atoms with Crippen LogP contribution in [-0.4, -0.2) is 35.0 Å². The fraction of sp³-hybridized carbons (Fsp3) is 0.250. The van der Waals surface area contributed by atoms with Gasteiger partial charge in [-0.05, 0) is 43.2 Å². The van der Waals surface area contributed by atoms with E-state index in [9.17, 15) is 18.8 Å². The van der Waals surface area contributed by atoms with Gasteiger partial charge in [-0.1, -0.05) is 6.07 Å². The Hall–Kier alpha value is -3.90. The van der Waals surface area contributed by atoms with Crippen molar-refractivity contribution in [3.8, 4) is 17.2 Å². The molecule has 0 saturated carbocycles. The number of hydrogen-bond donors (Lipinski definition) is 2. The normalized spacial score (nSPS) is 16.3. The molecule has 2 aromatic heterocycles. The molecule has 2 atom stereocenters. The van der Waals surface area contributed by atoms with Gasteiger partial charge in [0.2, 0.25) is 0 Å². The van der Waals surface area contributed by atoms with Crippen LogP contribution in [0.2, 0.25) is 0 Å². The molecule has 1 aliphatic heterocycles. The molecule has 3 heterocycles. The van der Waals surface area contributed by atoms with Crippen molar-refractivity contribution in [2.45, 2.75) is 25.4 Å². The minimum Gasteiger partial charge on any atom is -0.369 e. The predicted octanol–water partition coefficient (Wildman–Crippen LogP) is 3.32. The summed E-state index contributed by atoms with van der Waals surface area (Å²) < 4.78 is 28.2. The number of halogens is 2. The van der Waals surface area contributed by atoms with Crippen molar-refractivity contribution < 1.29 is 13.6 Å². The van der Waals surface area contributed by atoms with E-state index in [4.69, 9.17) is 5.73 Å². The summed E-state index contributed by atoms with van der Waals surface area (Å²) >= 11 is 0. The molecule has 1 aliphatic rings. The lowest BCUT2D eigenvalue weighted by Gasteiger charge is -2.26. The van der Waals surface area contributed by atoms with Crippen LogP contribution in [0.5, 0.6) is 0 Å². The van der Waals surface area contributed by atoms with Gasteiger partial charge in [-0.2, -0.15) is 5.26 Å². The maximum atomic E-state index is 14.1. The standard InChI is InChI=1S/C24H22F2N6O/c1-14(20-4-2-3-6-29-20)31-24(33)19-12-30-21(11-27)22(15-8-16(25)10-17(26)9-15)23(19)32-7-5-18(28)13-32/h2-4,6,8-10,12,14,18H,5,7,13,28H2,1H3,(H,31,33)/t14?,18-/m0/s1. The molecular weight excluding hydrogens is 426 g/mol. The number of pyridine rings is 2. The Kier molecular flexibility index (Phi) is 6.29. The zero-order chi connectivity index (χ0) is 23.5. The maximum Gasteiger partial charge on any atom is 0.255 e. The molecule has 7 nitrogen and oxygen atoms in total. The molecular formula is C24H22F2N6O. The number of nitrogens with one attached hydrogen (secondary N) is 1. The molecule has 1 fully saturated rings. The highest BCUT2D eigenvalue weighted by atomic mass is 19.1. The van der Waals surface area contributed by atoms with E-state index >= 15 is 0 Å². The monoisotopic (exact) mass is 448 g/mol. The third kappa shape index (κ3) is 4.66. The first kappa shape index (κ1) is 22.3. The Balaban J connectivity index is 1.85. The van der Waals surface area contributed by atoms with Gasteiger partial charge in [0.25, 0.3) is 5.91 Å². The van der Waals surface area contributed by atoms with E-state index in [-0.39, 0.29) is 28.4 Å². The smallest absolute Gasteiger partial charge is 0.255 e. The van der Waals surface area contributed by atoms with Gasteiger partial charge in [0.1, 0.15) is 23.4 Å². The van der Waals surface area contributed by atoms with Gasteiger partial charge in [0.05, 0.1) is 23.0 Å². The molecule has 1 unspecified atom stereocenters. The Labute approximate surface area is 189 Å². The maximum absolute atomic E-state index is 14.1. The van der Waals surface area contributed by atoms with Crippen molar-refractivity contribution in [3.05, 3.63) is 77.4 Å². The third-order valence-corrected chi connectivity index (χ3v) is 5.57. The second kappa shape index (κ2) is 9.30. The molecule has 9 heteroatoms. The van der Waals surface area contributed by atoms with Crippen LogP contribution >= 0.6 is 0 Å². The fourth-order valence-corrected chi connectivity index (χ4v) is 4.02. The van der Waals surface area contributed by atoms with E-state index in [0.717, 1.165) is 18.2 Å². The highest BCUT2D eigenvalue weighted by Crippen LogP contribution is 2.38. The average Bonchev–Trinajstić information content (AvgIpc) is 3.23. The lowest BCUT2D eigenvalue weighted by molar-refractivity contribution is 0.0939. The minimum atomic E-state index is -0.795. The van der Waals surface area contributed by atoms with Crippen molar-refractivity contribution in [2.24, 2.45) is 5.73 Å². The first-order valence-electron chi connectivity index (χ1n) is 10.5. The van der Waals surface area contributed by atoms with Gasteiger partial charge in [0, 0.05) is 43.2 Å². The topological polar surface area (TPSA) is 108 Å². The zero-order valence-electron chi connectivity index (χ0n) is 17.9. The first-order chi connectivity index (χ1) is 15.9. The van der Waals surface area contributed by atoms with Gasteiger partial charge in [-0.25, -0.2) is 13.8 Å². The summed E-state index contributed by atoms with van der Waals surface area (Å²) in [5.74, 6) is -2.04. The van der Waals surface area contributed by atoms with Gasteiger partial charge in [-0.15, -0.1) is 0 Å². The number of anilines is 1. The van der Waals surface area contributed by atoms with Crippen molar-refractivity contribution in [1.82, 2.24) is 15.3 Å². The highest BCUT2D eigenvalue weighted by molar-refractivity contribution is 6.04. The quantitative estimate of drug-likeness (QED) is 0.620. The SMILES string of the molecule is CC(NC(=O)c1cnc(C#N)c(-c2cc(F)cc(F)c2)c1N1CC[C@H](N)C1)c1ccccn1. The summed E-state index contributed by atoms with van der Waals surface area (Å²) in [5.41, 5.74) is 7.62. The van der Waals surface area contributed by atoms with E-state index in [1.54, 1.807) is 25.3 Å².